The van der Waals surface area contributed by atoms with Crippen molar-refractivity contribution in [3.63, 3.8) is 0 Å². The fraction of sp³-hybridized carbons (Fsp3) is 0.100. The Labute approximate surface area is 167 Å². The van der Waals surface area contributed by atoms with Crippen molar-refractivity contribution >= 4 is 21.6 Å². The third kappa shape index (κ3) is 5.37. The van der Waals surface area contributed by atoms with Gasteiger partial charge >= 0.3 is 5.91 Å². The van der Waals surface area contributed by atoms with Crippen LogP contribution in [0.2, 0.25) is 0 Å². The van der Waals surface area contributed by atoms with Crippen LogP contribution in [-0.2, 0) is 16.6 Å². The van der Waals surface area contributed by atoms with Crippen LogP contribution < -0.4 is 10.1 Å². The molecule has 3 rings (SSSR count). The van der Waals surface area contributed by atoms with Gasteiger partial charge < -0.3 is 4.42 Å². The van der Waals surface area contributed by atoms with Crippen LogP contribution in [0.5, 0.6) is 0 Å². The molecule has 0 atom stereocenters. The van der Waals surface area contributed by atoms with Gasteiger partial charge in [-0.15, -0.1) is 0 Å². The van der Waals surface area contributed by atoms with Gasteiger partial charge in [-0.1, -0.05) is 24.3 Å². The molecule has 0 spiro atoms. The van der Waals surface area contributed by atoms with E-state index in [4.69, 9.17) is 4.42 Å². The van der Waals surface area contributed by atoms with Crippen molar-refractivity contribution in [1.29, 1.82) is 0 Å². The van der Waals surface area contributed by atoms with Crippen molar-refractivity contribution in [3.05, 3.63) is 89.6 Å². The molecule has 0 unspecified atom stereocenters. The van der Waals surface area contributed by atoms with E-state index in [2.05, 4.69) is 15.2 Å². The van der Waals surface area contributed by atoms with Crippen LogP contribution in [0.1, 0.15) is 28.6 Å². The van der Waals surface area contributed by atoms with E-state index in [0.717, 1.165) is 0 Å². The molecule has 1 aromatic heterocycles. The summed E-state index contributed by atoms with van der Waals surface area (Å²) in [6.45, 7) is 1.72. The lowest BCUT2D eigenvalue weighted by Crippen LogP contribution is -2.23. The van der Waals surface area contributed by atoms with E-state index < -0.39 is 15.9 Å². The minimum Gasteiger partial charge on any atom is -0.459 e. The lowest BCUT2D eigenvalue weighted by Gasteiger charge is -2.08. The number of furan rings is 1. The largest absolute Gasteiger partial charge is 0.459 e. The first-order chi connectivity index (χ1) is 13.8. The smallest absolute Gasteiger partial charge is 0.307 e. The van der Waals surface area contributed by atoms with Gasteiger partial charge in [-0.2, -0.15) is 5.10 Å². The second-order valence-corrected chi connectivity index (χ2v) is 7.86. The number of carbonyl (C=O) groups excluding carboxylic acids is 1. The maximum absolute atomic E-state index is 12.9. The highest BCUT2D eigenvalue weighted by Crippen LogP contribution is 2.12. The lowest BCUT2D eigenvalue weighted by molar-refractivity contribution is 0.0927. The van der Waals surface area contributed by atoms with E-state index in [1.165, 1.54) is 48.7 Å². The first-order valence-electron chi connectivity index (χ1n) is 8.58. The molecule has 0 saturated heterocycles. The normalized spacial score (nSPS) is 12.0. The number of sulfonamides is 1. The van der Waals surface area contributed by atoms with E-state index in [0.29, 0.717) is 16.8 Å². The second-order valence-electron chi connectivity index (χ2n) is 6.09. The number of amides is 1. The highest BCUT2D eigenvalue weighted by Gasteiger charge is 2.14. The zero-order chi connectivity index (χ0) is 20.9. The van der Waals surface area contributed by atoms with Crippen LogP contribution in [0.15, 0.2) is 81.3 Å². The predicted molar refractivity (Wildman–Crippen MR) is 105 cm³/mol. The first-order valence-corrected chi connectivity index (χ1v) is 10.1. The molecule has 0 fully saturated rings. The third-order valence-corrected chi connectivity index (χ3v) is 5.45. The minimum absolute atomic E-state index is 0.0453. The number of benzene rings is 2. The maximum atomic E-state index is 12.9. The molecule has 0 radical (unpaired) electrons. The van der Waals surface area contributed by atoms with Gasteiger partial charge in [0.05, 0.1) is 16.9 Å². The molecule has 2 aromatic carbocycles. The molecule has 0 saturated carbocycles. The Morgan fingerprint density at radius 1 is 1.07 bits per heavy atom. The molecule has 1 heterocycles. The quantitative estimate of drug-likeness (QED) is 0.457. The Morgan fingerprint density at radius 2 is 1.76 bits per heavy atom. The van der Waals surface area contributed by atoms with Gasteiger partial charge in [0, 0.05) is 6.54 Å². The van der Waals surface area contributed by atoms with Crippen molar-refractivity contribution in [1.82, 2.24) is 10.1 Å². The fourth-order valence-electron chi connectivity index (χ4n) is 2.40. The molecule has 9 heteroatoms. The van der Waals surface area contributed by atoms with E-state index in [1.54, 1.807) is 25.1 Å². The number of hydrazone groups is 1. The topological polar surface area (TPSA) is 101 Å². The summed E-state index contributed by atoms with van der Waals surface area (Å²) < 4.78 is 45.2. The number of carbonyl (C=O) groups is 1. The molecule has 0 aliphatic rings. The minimum atomic E-state index is -3.73. The maximum Gasteiger partial charge on any atom is 0.307 e. The highest BCUT2D eigenvalue weighted by molar-refractivity contribution is 7.89. The number of nitrogens with zero attached hydrogens (tertiary/aromatic N) is 1. The SMILES string of the molecule is C/C(=N/NC(=O)c1ccco1)c1ccc(S(=O)(=O)NCc2ccc(F)cc2)cc1. The summed E-state index contributed by atoms with van der Waals surface area (Å²) in [4.78, 5) is 11.9. The molecule has 0 aliphatic carbocycles. The molecule has 1 amide bonds. The number of hydrogen-bond donors (Lipinski definition) is 2. The van der Waals surface area contributed by atoms with Crippen LogP contribution in [0.3, 0.4) is 0 Å². The van der Waals surface area contributed by atoms with Crippen LogP contribution >= 0.6 is 0 Å². The Hall–Kier alpha value is -3.30. The van der Waals surface area contributed by atoms with Gasteiger partial charge in [-0.05, 0) is 54.4 Å². The first kappa shape index (κ1) is 20.4. The summed E-state index contributed by atoms with van der Waals surface area (Å²) >= 11 is 0. The molecular formula is C20H18FN3O4S. The molecule has 7 nitrogen and oxygen atoms in total. The summed E-state index contributed by atoms with van der Waals surface area (Å²) in [6.07, 6.45) is 1.38. The van der Waals surface area contributed by atoms with Crippen molar-refractivity contribution in [2.45, 2.75) is 18.4 Å². The predicted octanol–water partition coefficient (Wildman–Crippen LogP) is 3.05. The second kappa shape index (κ2) is 8.80. The van der Waals surface area contributed by atoms with Crippen LogP contribution in [0, 0.1) is 5.82 Å². The van der Waals surface area contributed by atoms with E-state index in [-0.39, 0.29) is 23.0 Å². The highest BCUT2D eigenvalue weighted by atomic mass is 32.2. The molecule has 29 heavy (non-hydrogen) atoms. The Kier molecular flexibility index (Phi) is 6.20. The van der Waals surface area contributed by atoms with E-state index >= 15 is 0 Å². The van der Waals surface area contributed by atoms with Gasteiger partial charge in [0.15, 0.2) is 5.76 Å². The summed E-state index contributed by atoms with van der Waals surface area (Å²) in [5.74, 6) is -0.738. The Balaban J connectivity index is 1.64. The number of halogens is 1. The van der Waals surface area contributed by atoms with Crippen molar-refractivity contribution in [2.75, 3.05) is 0 Å². The summed E-state index contributed by atoms with van der Waals surface area (Å²) in [7, 11) is -3.73. The number of rotatable bonds is 7. The zero-order valence-corrected chi connectivity index (χ0v) is 16.2. The summed E-state index contributed by atoms with van der Waals surface area (Å²) in [5, 5.41) is 3.99. The van der Waals surface area contributed by atoms with Crippen LogP contribution in [-0.4, -0.2) is 20.0 Å². The molecule has 150 valence electrons. The third-order valence-electron chi connectivity index (χ3n) is 4.03. The Morgan fingerprint density at radius 3 is 2.38 bits per heavy atom. The zero-order valence-electron chi connectivity index (χ0n) is 15.4. The standard InChI is InChI=1S/C20H18FN3O4S/c1-14(23-24-20(25)19-3-2-12-28-19)16-6-10-18(11-7-16)29(26,27)22-13-15-4-8-17(21)9-5-15/h2-12,22H,13H2,1H3,(H,24,25)/b23-14-. The van der Waals surface area contributed by atoms with Crippen LogP contribution in [0.25, 0.3) is 0 Å². The van der Waals surface area contributed by atoms with Gasteiger partial charge in [-0.25, -0.2) is 23.0 Å². The van der Waals surface area contributed by atoms with Gasteiger partial charge in [0.1, 0.15) is 5.82 Å². The molecular weight excluding hydrogens is 397 g/mol. The molecule has 0 bridgehead atoms. The van der Waals surface area contributed by atoms with Gasteiger partial charge in [0.2, 0.25) is 10.0 Å². The monoisotopic (exact) mass is 415 g/mol. The van der Waals surface area contributed by atoms with Crippen molar-refractivity contribution in [2.24, 2.45) is 5.10 Å². The van der Waals surface area contributed by atoms with Crippen molar-refractivity contribution < 1.29 is 22.0 Å². The summed E-state index contributed by atoms with van der Waals surface area (Å²) in [6, 6.07) is 14.7. The van der Waals surface area contributed by atoms with Crippen molar-refractivity contribution in [3.8, 4) is 0 Å². The number of nitrogens with one attached hydrogen (secondary N) is 2. The molecule has 2 N–H and O–H groups in total. The average Bonchev–Trinajstić information content (AvgIpc) is 3.26. The van der Waals surface area contributed by atoms with E-state index in [9.17, 15) is 17.6 Å². The molecule has 0 aliphatic heterocycles. The fourth-order valence-corrected chi connectivity index (χ4v) is 3.42. The van der Waals surface area contributed by atoms with E-state index in [1.807, 2.05) is 0 Å². The average molecular weight is 415 g/mol. The molecule has 3 aromatic rings. The number of hydrogen-bond acceptors (Lipinski definition) is 5. The Bertz CT molecular complexity index is 1110. The van der Waals surface area contributed by atoms with Crippen LogP contribution in [0.4, 0.5) is 4.39 Å². The van der Waals surface area contributed by atoms with Gasteiger partial charge in [0.25, 0.3) is 0 Å². The lowest BCUT2D eigenvalue weighted by atomic mass is 10.1. The van der Waals surface area contributed by atoms with Gasteiger partial charge in [-0.3, -0.25) is 4.79 Å². The summed E-state index contributed by atoms with van der Waals surface area (Å²) in [5.41, 5.74) is 4.14.